The number of halogens is 8. The monoisotopic (exact) mass is 367 g/mol. The average molecular weight is 367 g/mol. The van der Waals surface area contributed by atoms with Gasteiger partial charge in [-0.05, 0) is 6.42 Å². The van der Waals surface area contributed by atoms with Crippen molar-refractivity contribution in [1.29, 1.82) is 0 Å². The summed E-state index contributed by atoms with van der Waals surface area (Å²) >= 11 is 0. The molecule has 1 rings (SSSR count). The molecule has 0 aliphatic heterocycles. The van der Waals surface area contributed by atoms with Gasteiger partial charge in [0.2, 0.25) is 5.82 Å². The number of amides is 1. The lowest BCUT2D eigenvalue weighted by Crippen LogP contribution is -2.27. The third-order valence-corrected chi connectivity index (χ3v) is 2.21. The smallest absolute Gasteiger partial charge is 0.475 e. The van der Waals surface area contributed by atoms with Gasteiger partial charge in [0.15, 0.2) is 23.3 Å². The maximum absolute atomic E-state index is 13.1. The Labute approximate surface area is 129 Å². The van der Waals surface area contributed by atoms with Crippen molar-refractivity contribution in [2.45, 2.75) is 19.5 Å². The fraction of sp³-hybridized carbons (Fsp3) is 0.333. The average Bonchev–Trinajstić information content (AvgIpc) is 2.48. The van der Waals surface area contributed by atoms with E-state index in [4.69, 9.17) is 9.90 Å². The highest BCUT2D eigenvalue weighted by Gasteiger charge is 2.38. The molecule has 1 amide bonds. The van der Waals surface area contributed by atoms with Crippen molar-refractivity contribution in [2.75, 3.05) is 6.54 Å². The van der Waals surface area contributed by atoms with Gasteiger partial charge >= 0.3 is 12.1 Å². The Hall–Kier alpha value is -2.40. The van der Waals surface area contributed by atoms with Gasteiger partial charge in [0.05, 0.1) is 0 Å². The van der Waals surface area contributed by atoms with Crippen LogP contribution in [0.2, 0.25) is 0 Å². The van der Waals surface area contributed by atoms with Gasteiger partial charge in [-0.1, -0.05) is 6.92 Å². The number of carbonyl (C=O) groups is 2. The van der Waals surface area contributed by atoms with E-state index >= 15 is 0 Å². The van der Waals surface area contributed by atoms with E-state index in [1.807, 2.05) is 5.32 Å². The van der Waals surface area contributed by atoms with Crippen LogP contribution in [0.1, 0.15) is 23.7 Å². The summed E-state index contributed by atoms with van der Waals surface area (Å²) in [5, 5.41) is 9.15. The molecule has 0 radical (unpaired) electrons. The standard InChI is InChI=1S/C10H8F5NO.C2HF3O2/c1-2-3-16-10(17)4-5(11)7(13)9(15)8(14)6(4)12;3-2(4,5)1(6)7/h2-3H2,1H3,(H,16,17);(H,6,7). The molecule has 0 unspecified atom stereocenters. The number of alkyl halides is 3. The van der Waals surface area contributed by atoms with E-state index in [1.165, 1.54) is 0 Å². The van der Waals surface area contributed by atoms with E-state index in [1.54, 1.807) is 6.92 Å². The number of hydrogen-bond donors (Lipinski definition) is 2. The van der Waals surface area contributed by atoms with Crippen LogP contribution in [0.25, 0.3) is 0 Å². The molecule has 24 heavy (non-hydrogen) atoms. The van der Waals surface area contributed by atoms with Gasteiger partial charge in [-0.25, -0.2) is 26.7 Å². The van der Waals surface area contributed by atoms with Crippen LogP contribution in [0.15, 0.2) is 0 Å². The van der Waals surface area contributed by atoms with Crippen LogP contribution >= 0.6 is 0 Å². The van der Waals surface area contributed by atoms with Crippen molar-refractivity contribution >= 4 is 11.9 Å². The Balaban J connectivity index is 0.000000640. The molecule has 0 fully saturated rings. The summed E-state index contributed by atoms with van der Waals surface area (Å²) in [6.45, 7) is 1.73. The zero-order valence-corrected chi connectivity index (χ0v) is 11.7. The van der Waals surface area contributed by atoms with E-state index in [9.17, 15) is 39.9 Å². The molecular formula is C12H9F8NO3. The number of nitrogens with one attached hydrogen (secondary N) is 1. The fourth-order valence-corrected chi connectivity index (χ4v) is 1.13. The van der Waals surface area contributed by atoms with Crippen LogP contribution in [0, 0.1) is 29.1 Å². The van der Waals surface area contributed by atoms with Gasteiger partial charge in [0.1, 0.15) is 5.56 Å². The van der Waals surface area contributed by atoms with Crippen molar-refractivity contribution in [2.24, 2.45) is 0 Å². The zero-order valence-electron chi connectivity index (χ0n) is 11.7. The quantitative estimate of drug-likeness (QED) is 0.490. The number of carbonyl (C=O) groups excluding carboxylic acids is 1. The Bertz CT molecular complexity index is 601. The normalized spacial score (nSPS) is 10.7. The fourth-order valence-electron chi connectivity index (χ4n) is 1.13. The van der Waals surface area contributed by atoms with Crippen molar-refractivity contribution in [3.05, 3.63) is 34.6 Å². The molecule has 0 heterocycles. The number of aliphatic carboxylic acids is 1. The summed E-state index contributed by atoms with van der Waals surface area (Å²) in [4.78, 5) is 20.1. The first-order valence-electron chi connectivity index (χ1n) is 5.95. The molecule has 1 aromatic rings. The molecule has 2 N–H and O–H groups in total. The SMILES string of the molecule is CCCNC(=O)c1c(F)c(F)c(F)c(F)c1F.O=C(O)C(F)(F)F. The van der Waals surface area contributed by atoms with Crippen LogP contribution < -0.4 is 5.32 Å². The van der Waals surface area contributed by atoms with E-state index in [0.29, 0.717) is 6.42 Å². The van der Waals surface area contributed by atoms with E-state index in [0.717, 1.165) is 0 Å². The molecule has 0 atom stereocenters. The van der Waals surface area contributed by atoms with Crippen LogP contribution in [-0.4, -0.2) is 29.7 Å². The van der Waals surface area contributed by atoms with Crippen LogP contribution in [-0.2, 0) is 4.79 Å². The lowest BCUT2D eigenvalue weighted by molar-refractivity contribution is -0.192. The van der Waals surface area contributed by atoms with Gasteiger partial charge in [0.25, 0.3) is 5.91 Å². The van der Waals surface area contributed by atoms with Gasteiger partial charge in [0, 0.05) is 6.54 Å². The highest BCUT2D eigenvalue weighted by molar-refractivity contribution is 5.94. The molecule has 0 saturated carbocycles. The Morgan fingerprint density at radius 2 is 1.25 bits per heavy atom. The molecule has 136 valence electrons. The number of benzene rings is 1. The maximum atomic E-state index is 13.1. The van der Waals surface area contributed by atoms with Crippen LogP contribution in [0.5, 0.6) is 0 Å². The molecule has 0 saturated heterocycles. The number of carboxylic acid groups (broad SMARTS) is 1. The summed E-state index contributed by atoms with van der Waals surface area (Å²) < 4.78 is 96.1. The molecule has 12 heteroatoms. The predicted octanol–water partition coefficient (Wildman–Crippen LogP) is 3.16. The Morgan fingerprint density at radius 1 is 0.917 bits per heavy atom. The number of carboxylic acids is 1. The van der Waals surface area contributed by atoms with Gasteiger partial charge in [-0.2, -0.15) is 13.2 Å². The zero-order chi connectivity index (χ0) is 19.2. The first kappa shape index (κ1) is 21.6. The first-order valence-corrected chi connectivity index (χ1v) is 5.95. The van der Waals surface area contributed by atoms with Gasteiger partial charge < -0.3 is 10.4 Å². The predicted molar refractivity (Wildman–Crippen MR) is 62.5 cm³/mol. The maximum Gasteiger partial charge on any atom is 0.490 e. The summed E-state index contributed by atoms with van der Waals surface area (Å²) in [5.74, 6) is -14.9. The summed E-state index contributed by atoms with van der Waals surface area (Å²) in [6, 6.07) is 0. The largest absolute Gasteiger partial charge is 0.490 e. The van der Waals surface area contributed by atoms with Crippen LogP contribution in [0.3, 0.4) is 0 Å². The summed E-state index contributed by atoms with van der Waals surface area (Å²) in [7, 11) is 0. The van der Waals surface area contributed by atoms with Crippen molar-refractivity contribution < 1.29 is 49.8 Å². The molecule has 0 spiro atoms. The molecule has 4 nitrogen and oxygen atoms in total. The highest BCUT2D eigenvalue weighted by Crippen LogP contribution is 2.22. The van der Waals surface area contributed by atoms with Crippen molar-refractivity contribution in [1.82, 2.24) is 5.32 Å². The lowest BCUT2D eigenvalue weighted by Gasteiger charge is -2.08. The van der Waals surface area contributed by atoms with Gasteiger partial charge in [-0.3, -0.25) is 4.79 Å². The van der Waals surface area contributed by atoms with E-state index in [2.05, 4.69) is 0 Å². The third kappa shape index (κ3) is 5.35. The van der Waals surface area contributed by atoms with Crippen molar-refractivity contribution in [3.8, 4) is 0 Å². The minimum absolute atomic E-state index is 0.0678. The number of rotatable bonds is 3. The van der Waals surface area contributed by atoms with Crippen molar-refractivity contribution in [3.63, 3.8) is 0 Å². The second kappa shape index (κ2) is 8.45. The summed E-state index contributed by atoms with van der Waals surface area (Å²) in [5.41, 5.74) is -1.46. The minimum Gasteiger partial charge on any atom is -0.475 e. The molecule has 0 aliphatic carbocycles. The Kier molecular flexibility index (Phi) is 7.61. The Morgan fingerprint density at radius 3 is 1.54 bits per heavy atom. The molecular weight excluding hydrogens is 358 g/mol. The second-order valence-electron chi connectivity index (χ2n) is 4.00. The minimum atomic E-state index is -5.08. The molecule has 1 aromatic carbocycles. The number of hydrogen-bond acceptors (Lipinski definition) is 2. The topological polar surface area (TPSA) is 66.4 Å². The van der Waals surface area contributed by atoms with Gasteiger partial charge in [-0.15, -0.1) is 0 Å². The molecule has 0 aromatic heterocycles. The molecule has 0 bridgehead atoms. The van der Waals surface area contributed by atoms with E-state index < -0.39 is 52.7 Å². The lowest BCUT2D eigenvalue weighted by atomic mass is 10.1. The summed E-state index contributed by atoms with van der Waals surface area (Å²) in [6.07, 6.45) is -4.62. The first-order chi connectivity index (χ1) is 10.9. The van der Waals surface area contributed by atoms with Crippen LogP contribution in [0.4, 0.5) is 35.1 Å². The molecule has 0 aliphatic rings. The third-order valence-electron chi connectivity index (χ3n) is 2.21. The van der Waals surface area contributed by atoms with E-state index in [-0.39, 0.29) is 6.54 Å². The highest BCUT2D eigenvalue weighted by atomic mass is 19.4. The second-order valence-corrected chi connectivity index (χ2v) is 4.00.